The summed E-state index contributed by atoms with van der Waals surface area (Å²) in [5.41, 5.74) is 1.34. The lowest BCUT2D eigenvalue weighted by molar-refractivity contribution is 0.101. The maximum atomic E-state index is 12.3. The second kappa shape index (κ2) is 5.89. The van der Waals surface area contributed by atoms with Gasteiger partial charge >= 0.3 is 0 Å². The van der Waals surface area contributed by atoms with Crippen LogP contribution in [0.15, 0.2) is 42.5 Å². The SMILES string of the molecule is CC(=O)c1cc2c(cc1NC(=O)c1ccccc1)OCCO2. The highest BCUT2D eigenvalue weighted by Crippen LogP contribution is 2.36. The predicted molar refractivity (Wildman–Crippen MR) is 81.8 cm³/mol. The summed E-state index contributed by atoms with van der Waals surface area (Å²) in [5, 5.41) is 2.76. The molecule has 2 aromatic rings. The zero-order valence-corrected chi connectivity index (χ0v) is 12.1. The van der Waals surface area contributed by atoms with Crippen molar-refractivity contribution < 1.29 is 19.1 Å². The Hall–Kier alpha value is -2.82. The average Bonchev–Trinajstić information content (AvgIpc) is 2.54. The second-order valence-electron chi connectivity index (χ2n) is 4.92. The minimum absolute atomic E-state index is 0.152. The Balaban J connectivity index is 1.95. The van der Waals surface area contributed by atoms with Gasteiger partial charge in [-0.15, -0.1) is 0 Å². The molecular weight excluding hydrogens is 282 g/mol. The summed E-state index contributed by atoms with van der Waals surface area (Å²) in [6.45, 7) is 2.34. The molecule has 0 saturated carbocycles. The number of nitrogens with one attached hydrogen (secondary N) is 1. The van der Waals surface area contributed by atoms with Gasteiger partial charge in [0.05, 0.1) is 5.69 Å². The molecule has 22 heavy (non-hydrogen) atoms. The van der Waals surface area contributed by atoms with Crippen LogP contribution in [0, 0.1) is 0 Å². The van der Waals surface area contributed by atoms with Crippen LogP contribution in [0.3, 0.4) is 0 Å². The van der Waals surface area contributed by atoms with E-state index in [1.54, 1.807) is 36.4 Å². The third-order valence-electron chi connectivity index (χ3n) is 3.35. The van der Waals surface area contributed by atoms with Gasteiger partial charge in [0.2, 0.25) is 0 Å². The van der Waals surface area contributed by atoms with E-state index in [0.29, 0.717) is 41.5 Å². The number of fused-ring (bicyclic) bond motifs is 1. The van der Waals surface area contributed by atoms with Crippen molar-refractivity contribution in [1.29, 1.82) is 0 Å². The Labute approximate surface area is 127 Å². The molecule has 1 aliphatic rings. The molecule has 0 unspecified atom stereocenters. The van der Waals surface area contributed by atoms with Crippen LogP contribution in [-0.2, 0) is 0 Å². The van der Waals surface area contributed by atoms with Crippen molar-refractivity contribution in [2.24, 2.45) is 0 Å². The number of ether oxygens (including phenoxy) is 2. The molecular formula is C17H15NO4. The molecule has 0 saturated heterocycles. The van der Waals surface area contributed by atoms with E-state index in [1.807, 2.05) is 6.07 Å². The molecule has 0 bridgehead atoms. The minimum atomic E-state index is -0.278. The number of ketones is 1. The molecule has 0 fully saturated rings. The number of hydrogen-bond donors (Lipinski definition) is 1. The van der Waals surface area contributed by atoms with Gasteiger partial charge in [0.15, 0.2) is 17.3 Å². The third kappa shape index (κ3) is 2.79. The van der Waals surface area contributed by atoms with Crippen molar-refractivity contribution >= 4 is 17.4 Å². The van der Waals surface area contributed by atoms with Gasteiger partial charge in [0.25, 0.3) is 5.91 Å². The van der Waals surface area contributed by atoms with Crippen LogP contribution < -0.4 is 14.8 Å². The Morgan fingerprint density at radius 2 is 1.64 bits per heavy atom. The summed E-state index contributed by atoms with van der Waals surface area (Å²) in [6.07, 6.45) is 0. The van der Waals surface area contributed by atoms with E-state index < -0.39 is 0 Å². The zero-order chi connectivity index (χ0) is 15.5. The second-order valence-corrected chi connectivity index (χ2v) is 4.92. The quantitative estimate of drug-likeness (QED) is 0.885. The van der Waals surface area contributed by atoms with Gasteiger partial charge in [-0.2, -0.15) is 0 Å². The molecule has 1 heterocycles. The van der Waals surface area contributed by atoms with Crippen molar-refractivity contribution in [3.8, 4) is 11.5 Å². The maximum absolute atomic E-state index is 12.3. The van der Waals surface area contributed by atoms with E-state index in [9.17, 15) is 9.59 Å². The maximum Gasteiger partial charge on any atom is 0.255 e. The van der Waals surface area contributed by atoms with Gasteiger partial charge in [0, 0.05) is 17.2 Å². The molecule has 0 aromatic heterocycles. The predicted octanol–water partition coefficient (Wildman–Crippen LogP) is 2.91. The normalized spacial score (nSPS) is 12.6. The van der Waals surface area contributed by atoms with Crippen molar-refractivity contribution in [2.75, 3.05) is 18.5 Å². The summed E-state index contributed by atoms with van der Waals surface area (Å²) in [7, 11) is 0. The van der Waals surface area contributed by atoms with Gasteiger partial charge in [-0.3, -0.25) is 9.59 Å². The smallest absolute Gasteiger partial charge is 0.255 e. The van der Waals surface area contributed by atoms with Crippen molar-refractivity contribution in [1.82, 2.24) is 0 Å². The Morgan fingerprint density at radius 1 is 1.00 bits per heavy atom. The summed E-state index contributed by atoms with van der Waals surface area (Å²) in [5.74, 6) is 0.619. The number of carbonyl (C=O) groups is 2. The lowest BCUT2D eigenvalue weighted by atomic mass is 10.1. The first-order valence-corrected chi connectivity index (χ1v) is 6.96. The van der Waals surface area contributed by atoms with Crippen LogP contribution in [0.5, 0.6) is 11.5 Å². The Bertz CT molecular complexity index is 725. The fraction of sp³-hybridized carbons (Fsp3) is 0.176. The van der Waals surface area contributed by atoms with Crippen LogP contribution in [0.2, 0.25) is 0 Å². The Morgan fingerprint density at radius 3 is 2.27 bits per heavy atom. The molecule has 0 spiro atoms. The molecule has 5 heteroatoms. The summed E-state index contributed by atoms with van der Waals surface area (Å²) >= 11 is 0. The first-order chi connectivity index (χ1) is 10.6. The van der Waals surface area contributed by atoms with Crippen LogP contribution >= 0.6 is 0 Å². The van der Waals surface area contributed by atoms with Gasteiger partial charge in [-0.05, 0) is 25.1 Å². The number of Topliss-reactive ketones (excluding diaryl/α,β-unsaturated/α-hetero) is 1. The largest absolute Gasteiger partial charge is 0.486 e. The van der Waals surface area contributed by atoms with Crippen LogP contribution in [-0.4, -0.2) is 24.9 Å². The number of carbonyl (C=O) groups excluding carboxylic acids is 2. The highest BCUT2D eigenvalue weighted by atomic mass is 16.6. The zero-order valence-electron chi connectivity index (χ0n) is 12.1. The monoisotopic (exact) mass is 297 g/mol. The molecule has 5 nitrogen and oxygen atoms in total. The lowest BCUT2D eigenvalue weighted by Gasteiger charge is -2.20. The van der Waals surface area contributed by atoms with Crippen LogP contribution in [0.1, 0.15) is 27.6 Å². The summed E-state index contributed by atoms with van der Waals surface area (Å²) < 4.78 is 11.0. The first kappa shape index (κ1) is 14.1. The van der Waals surface area contributed by atoms with Gasteiger partial charge < -0.3 is 14.8 Å². The summed E-state index contributed by atoms with van der Waals surface area (Å²) in [4.78, 5) is 24.1. The van der Waals surface area contributed by atoms with Crippen molar-refractivity contribution in [2.45, 2.75) is 6.92 Å². The molecule has 0 atom stereocenters. The number of amides is 1. The van der Waals surface area contributed by atoms with Gasteiger partial charge in [0.1, 0.15) is 13.2 Å². The lowest BCUT2D eigenvalue weighted by Crippen LogP contribution is -2.18. The molecule has 0 radical (unpaired) electrons. The number of anilines is 1. The van der Waals surface area contributed by atoms with Crippen molar-refractivity contribution in [3.63, 3.8) is 0 Å². The topological polar surface area (TPSA) is 64.6 Å². The molecule has 2 aromatic carbocycles. The van der Waals surface area contributed by atoms with Crippen LogP contribution in [0.4, 0.5) is 5.69 Å². The van der Waals surface area contributed by atoms with E-state index in [-0.39, 0.29) is 11.7 Å². The van der Waals surface area contributed by atoms with E-state index in [1.165, 1.54) is 6.92 Å². The van der Waals surface area contributed by atoms with Crippen molar-refractivity contribution in [3.05, 3.63) is 53.6 Å². The van der Waals surface area contributed by atoms with E-state index in [0.717, 1.165) is 0 Å². The fourth-order valence-electron chi connectivity index (χ4n) is 2.27. The third-order valence-corrected chi connectivity index (χ3v) is 3.35. The molecule has 3 rings (SSSR count). The minimum Gasteiger partial charge on any atom is -0.486 e. The highest BCUT2D eigenvalue weighted by molar-refractivity contribution is 6.09. The molecule has 112 valence electrons. The summed E-state index contributed by atoms with van der Waals surface area (Å²) in [6, 6.07) is 12.1. The Kier molecular flexibility index (Phi) is 3.78. The van der Waals surface area contributed by atoms with Crippen LogP contribution in [0.25, 0.3) is 0 Å². The molecule has 1 N–H and O–H groups in total. The number of rotatable bonds is 3. The molecule has 0 aliphatic carbocycles. The van der Waals surface area contributed by atoms with E-state index in [4.69, 9.17) is 9.47 Å². The fourth-order valence-corrected chi connectivity index (χ4v) is 2.27. The highest BCUT2D eigenvalue weighted by Gasteiger charge is 2.19. The van der Waals surface area contributed by atoms with Gasteiger partial charge in [-0.1, -0.05) is 18.2 Å². The molecule has 1 aliphatic heterocycles. The number of benzene rings is 2. The van der Waals surface area contributed by atoms with E-state index in [2.05, 4.69) is 5.32 Å². The standard InChI is InChI=1S/C17H15NO4/c1-11(19)13-9-15-16(22-8-7-21-15)10-14(13)18-17(20)12-5-3-2-4-6-12/h2-6,9-10H,7-8H2,1H3,(H,18,20). The van der Waals surface area contributed by atoms with Gasteiger partial charge in [-0.25, -0.2) is 0 Å². The van der Waals surface area contributed by atoms with E-state index >= 15 is 0 Å². The molecule has 1 amide bonds. The first-order valence-electron chi connectivity index (χ1n) is 6.96. The average molecular weight is 297 g/mol. The number of hydrogen-bond acceptors (Lipinski definition) is 4.